The predicted molar refractivity (Wildman–Crippen MR) is 74.0 cm³/mol. The number of pyridine rings is 1. The van der Waals surface area contributed by atoms with Crippen LogP contribution in [0.1, 0.15) is 25.3 Å². The number of nitro benzene ring substituents is 1. The fourth-order valence-electron chi connectivity index (χ4n) is 1.94. The number of rotatable bonds is 3. The van der Waals surface area contributed by atoms with Gasteiger partial charge < -0.3 is 4.74 Å². The summed E-state index contributed by atoms with van der Waals surface area (Å²) < 4.78 is 5.17. The van der Waals surface area contributed by atoms with Crippen molar-refractivity contribution < 1.29 is 9.66 Å². The molecule has 2 aromatic rings. The van der Waals surface area contributed by atoms with Gasteiger partial charge in [0.25, 0.3) is 5.69 Å². The summed E-state index contributed by atoms with van der Waals surface area (Å²) >= 11 is 6.12. The maximum atomic E-state index is 11.1. The van der Waals surface area contributed by atoms with Crippen LogP contribution in [0.4, 0.5) is 5.69 Å². The molecule has 1 aromatic heterocycles. The molecule has 0 fully saturated rings. The molecular formula is C13H13ClN2O3. The molecule has 0 N–H and O–H groups in total. The third kappa shape index (κ3) is 2.33. The van der Waals surface area contributed by atoms with Gasteiger partial charge >= 0.3 is 0 Å². The molecule has 1 aromatic carbocycles. The average molecular weight is 281 g/mol. The first-order valence-electron chi connectivity index (χ1n) is 5.77. The topological polar surface area (TPSA) is 65.3 Å². The molecule has 0 aliphatic rings. The van der Waals surface area contributed by atoms with E-state index in [1.807, 2.05) is 13.8 Å². The molecule has 0 radical (unpaired) electrons. The molecule has 0 amide bonds. The minimum Gasteiger partial charge on any atom is -0.494 e. The summed E-state index contributed by atoms with van der Waals surface area (Å²) in [4.78, 5) is 14.9. The number of nitro groups is 1. The Morgan fingerprint density at radius 3 is 2.63 bits per heavy atom. The third-order valence-electron chi connectivity index (χ3n) is 2.94. The maximum Gasteiger partial charge on any atom is 0.279 e. The van der Waals surface area contributed by atoms with Gasteiger partial charge in [0.05, 0.1) is 17.4 Å². The molecule has 0 atom stereocenters. The molecule has 0 bridgehead atoms. The molecule has 0 saturated heterocycles. The number of nitrogens with zero attached hydrogens (tertiary/aromatic N) is 2. The second kappa shape index (κ2) is 5.01. The number of methoxy groups -OCH3 is 1. The van der Waals surface area contributed by atoms with Gasteiger partial charge in [0.1, 0.15) is 16.4 Å². The Balaban J connectivity index is 2.87. The largest absolute Gasteiger partial charge is 0.494 e. The summed E-state index contributed by atoms with van der Waals surface area (Å²) in [6.07, 6.45) is 0. The van der Waals surface area contributed by atoms with Crippen LogP contribution in [0.15, 0.2) is 18.2 Å². The highest BCUT2D eigenvalue weighted by atomic mass is 35.5. The summed E-state index contributed by atoms with van der Waals surface area (Å²) in [6, 6.07) is 4.66. The number of fused-ring (bicyclic) bond motifs is 1. The average Bonchev–Trinajstić information content (AvgIpc) is 2.35. The van der Waals surface area contributed by atoms with Crippen molar-refractivity contribution in [2.45, 2.75) is 19.8 Å². The molecule has 0 aliphatic heterocycles. The lowest BCUT2D eigenvalue weighted by molar-refractivity contribution is -0.383. The van der Waals surface area contributed by atoms with Gasteiger partial charge in [0, 0.05) is 6.07 Å². The molecule has 0 saturated carbocycles. The van der Waals surface area contributed by atoms with Crippen LogP contribution < -0.4 is 4.74 Å². The van der Waals surface area contributed by atoms with Gasteiger partial charge in [-0.2, -0.15) is 0 Å². The van der Waals surface area contributed by atoms with Crippen LogP contribution in [-0.4, -0.2) is 17.0 Å². The molecule has 6 heteroatoms. The Bertz CT molecular complexity index is 656. The lowest BCUT2D eigenvalue weighted by Crippen LogP contribution is -1.98. The van der Waals surface area contributed by atoms with E-state index < -0.39 is 4.92 Å². The van der Waals surface area contributed by atoms with Crippen LogP contribution in [0, 0.1) is 10.1 Å². The minimum absolute atomic E-state index is 0.00173. The van der Waals surface area contributed by atoms with Crippen molar-refractivity contribution in [3.63, 3.8) is 0 Å². The maximum absolute atomic E-state index is 11.1. The van der Waals surface area contributed by atoms with Crippen LogP contribution in [0.2, 0.25) is 5.15 Å². The smallest absolute Gasteiger partial charge is 0.279 e. The zero-order valence-corrected chi connectivity index (χ0v) is 11.6. The molecule has 5 nitrogen and oxygen atoms in total. The van der Waals surface area contributed by atoms with Crippen LogP contribution >= 0.6 is 11.6 Å². The number of hydrogen-bond donors (Lipinski definition) is 0. The van der Waals surface area contributed by atoms with Gasteiger partial charge in [-0.3, -0.25) is 10.1 Å². The number of ether oxygens (including phenoxy) is 1. The zero-order valence-electron chi connectivity index (χ0n) is 10.8. The van der Waals surface area contributed by atoms with Crippen molar-refractivity contribution in [1.29, 1.82) is 0 Å². The first kappa shape index (κ1) is 13.5. The van der Waals surface area contributed by atoms with Gasteiger partial charge in [0.15, 0.2) is 0 Å². The molecule has 0 aliphatic carbocycles. The Hall–Kier alpha value is -1.88. The number of benzene rings is 1. The molecule has 19 heavy (non-hydrogen) atoms. The highest BCUT2D eigenvalue weighted by molar-refractivity contribution is 6.30. The van der Waals surface area contributed by atoms with Crippen molar-refractivity contribution in [3.05, 3.63) is 39.0 Å². The van der Waals surface area contributed by atoms with Crippen LogP contribution in [-0.2, 0) is 0 Å². The Morgan fingerprint density at radius 1 is 1.42 bits per heavy atom. The monoisotopic (exact) mass is 280 g/mol. The summed E-state index contributed by atoms with van der Waals surface area (Å²) in [6.45, 7) is 3.92. The van der Waals surface area contributed by atoms with E-state index in [1.165, 1.54) is 19.2 Å². The van der Waals surface area contributed by atoms with E-state index in [-0.39, 0.29) is 11.6 Å². The highest BCUT2D eigenvalue weighted by Crippen LogP contribution is 2.35. The number of non-ortho nitro benzene ring substituents is 1. The zero-order chi connectivity index (χ0) is 14.2. The Labute approximate surface area is 115 Å². The van der Waals surface area contributed by atoms with Gasteiger partial charge in [-0.05, 0) is 23.6 Å². The third-order valence-corrected chi connectivity index (χ3v) is 3.25. The van der Waals surface area contributed by atoms with E-state index in [2.05, 4.69) is 4.98 Å². The van der Waals surface area contributed by atoms with Crippen LogP contribution in [0.5, 0.6) is 5.75 Å². The molecule has 100 valence electrons. The fourth-order valence-corrected chi connectivity index (χ4v) is 2.30. The lowest BCUT2D eigenvalue weighted by atomic mass is 10.0. The second-order valence-corrected chi connectivity index (χ2v) is 4.82. The SMILES string of the molecule is COc1ccc([N+](=O)[O-])c2cc(C(C)C)c(Cl)nc12. The van der Waals surface area contributed by atoms with E-state index in [0.717, 1.165) is 5.56 Å². The summed E-state index contributed by atoms with van der Waals surface area (Å²) in [7, 11) is 1.49. The van der Waals surface area contributed by atoms with Gasteiger partial charge in [-0.15, -0.1) is 0 Å². The van der Waals surface area contributed by atoms with Crippen molar-refractivity contribution in [2.24, 2.45) is 0 Å². The molecule has 0 unspecified atom stereocenters. The molecule has 1 heterocycles. The number of aromatic nitrogens is 1. The van der Waals surface area contributed by atoms with Crippen LogP contribution in [0.3, 0.4) is 0 Å². The van der Waals surface area contributed by atoms with E-state index in [4.69, 9.17) is 16.3 Å². The van der Waals surface area contributed by atoms with Crippen molar-refractivity contribution in [2.75, 3.05) is 7.11 Å². The molecule has 0 spiro atoms. The first-order chi connectivity index (χ1) is 8.95. The predicted octanol–water partition coefficient (Wildman–Crippen LogP) is 3.93. The number of halogens is 1. The van der Waals surface area contributed by atoms with Gasteiger partial charge in [-0.1, -0.05) is 25.4 Å². The van der Waals surface area contributed by atoms with E-state index in [9.17, 15) is 10.1 Å². The normalized spacial score (nSPS) is 11.0. The van der Waals surface area contributed by atoms with Crippen molar-refractivity contribution in [3.8, 4) is 5.75 Å². The highest BCUT2D eigenvalue weighted by Gasteiger charge is 2.19. The summed E-state index contributed by atoms with van der Waals surface area (Å²) in [5.74, 6) is 0.605. The van der Waals surface area contributed by atoms with E-state index in [0.29, 0.717) is 21.8 Å². The fraction of sp³-hybridized carbons (Fsp3) is 0.308. The van der Waals surface area contributed by atoms with Crippen LogP contribution in [0.25, 0.3) is 10.9 Å². The minimum atomic E-state index is -0.429. The van der Waals surface area contributed by atoms with Gasteiger partial charge in [0.2, 0.25) is 0 Å². The lowest BCUT2D eigenvalue weighted by Gasteiger charge is -2.11. The standard InChI is InChI=1S/C13H13ClN2O3/c1-7(2)8-6-9-10(16(17)18)4-5-11(19-3)12(9)15-13(8)14/h4-7H,1-3H3. The summed E-state index contributed by atoms with van der Waals surface area (Å²) in [5.41, 5.74) is 1.19. The van der Waals surface area contributed by atoms with Gasteiger partial charge in [-0.25, -0.2) is 4.98 Å². The Kier molecular flexibility index (Phi) is 3.57. The summed E-state index contributed by atoms with van der Waals surface area (Å²) in [5, 5.41) is 11.9. The Morgan fingerprint density at radius 2 is 2.11 bits per heavy atom. The van der Waals surface area contributed by atoms with Crippen molar-refractivity contribution >= 4 is 28.2 Å². The second-order valence-electron chi connectivity index (χ2n) is 4.46. The molecule has 2 rings (SSSR count). The molecular weight excluding hydrogens is 268 g/mol. The van der Waals surface area contributed by atoms with E-state index >= 15 is 0 Å². The number of hydrogen-bond acceptors (Lipinski definition) is 4. The first-order valence-corrected chi connectivity index (χ1v) is 6.15. The van der Waals surface area contributed by atoms with E-state index in [1.54, 1.807) is 6.07 Å². The van der Waals surface area contributed by atoms with Crippen molar-refractivity contribution in [1.82, 2.24) is 4.98 Å². The quantitative estimate of drug-likeness (QED) is 0.485.